The Morgan fingerprint density at radius 3 is 2.38 bits per heavy atom. The number of hydrogen-bond donors (Lipinski definition) is 1. The fourth-order valence-electron chi connectivity index (χ4n) is 2.73. The van der Waals surface area contributed by atoms with E-state index in [1.807, 2.05) is 40.7 Å². The van der Waals surface area contributed by atoms with E-state index in [1.54, 1.807) is 17.3 Å². The molecule has 2 unspecified atom stereocenters. The second-order valence-corrected chi connectivity index (χ2v) is 6.29. The van der Waals surface area contributed by atoms with Gasteiger partial charge in [0.15, 0.2) is 0 Å². The Morgan fingerprint density at radius 1 is 1.19 bits per heavy atom. The number of pyridine rings is 1. The maximum Gasteiger partial charge on any atom is 0.250 e. The average molecular weight is 289 g/mol. The summed E-state index contributed by atoms with van der Waals surface area (Å²) in [4.78, 5) is 31.1. The van der Waals surface area contributed by atoms with E-state index < -0.39 is 12.1 Å². The monoisotopic (exact) mass is 289 g/mol. The predicted molar refractivity (Wildman–Crippen MR) is 81.9 cm³/mol. The molecule has 1 aliphatic rings. The number of anilines is 1. The third kappa shape index (κ3) is 2.77. The van der Waals surface area contributed by atoms with Crippen LogP contribution in [-0.2, 0) is 9.59 Å². The molecule has 114 valence electrons. The summed E-state index contributed by atoms with van der Waals surface area (Å²) >= 11 is 0. The minimum absolute atomic E-state index is 0.0293. The van der Waals surface area contributed by atoms with Crippen LogP contribution < -0.4 is 10.2 Å². The Labute approximate surface area is 125 Å². The normalized spacial score (nSPS) is 22.9. The maximum absolute atomic E-state index is 12.9. The lowest BCUT2D eigenvalue weighted by Gasteiger charge is -2.42. The molecule has 0 aromatic carbocycles. The highest BCUT2D eigenvalue weighted by Gasteiger charge is 2.44. The van der Waals surface area contributed by atoms with Crippen molar-refractivity contribution in [1.82, 2.24) is 10.3 Å². The van der Waals surface area contributed by atoms with Gasteiger partial charge < -0.3 is 5.32 Å². The highest BCUT2D eigenvalue weighted by Crippen LogP contribution is 2.28. The zero-order valence-corrected chi connectivity index (χ0v) is 13.3. The SMILES string of the molecule is Cc1ccncc1N1C(=O)C(C(C)C)NC(=O)C1C(C)C. The van der Waals surface area contributed by atoms with E-state index in [1.165, 1.54) is 0 Å². The first-order valence-corrected chi connectivity index (χ1v) is 7.38. The number of amides is 2. The Hall–Kier alpha value is -1.91. The van der Waals surface area contributed by atoms with E-state index in [0.717, 1.165) is 11.3 Å². The summed E-state index contributed by atoms with van der Waals surface area (Å²) in [6, 6.07) is 0.888. The molecule has 1 saturated heterocycles. The predicted octanol–water partition coefficient (Wildman–Crippen LogP) is 1.90. The van der Waals surface area contributed by atoms with Gasteiger partial charge in [-0.2, -0.15) is 0 Å². The van der Waals surface area contributed by atoms with Crippen LogP contribution in [0.25, 0.3) is 0 Å². The van der Waals surface area contributed by atoms with Crippen molar-refractivity contribution in [3.63, 3.8) is 0 Å². The molecular formula is C16H23N3O2. The van der Waals surface area contributed by atoms with Crippen molar-refractivity contribution in [2.75, 3.05) is 4.90 Å². The fraction of sp³-hybridized carbons (Fsp3) is 0.562. The standard InChI is InChI=1S/C16H23N3O2/c1-9(2)13-16(21)19(12-8-17-7-6-11(12)5)14(10(3)4)15(20)18-13/h6-10,13-14H,1-5H3,(H,18,20). The zero-order valence-electron chi connectivity index (χ0n) is 13.3. The number of rotatable bonds is 3. The molecule has 5 heteroatoms. The first kappa shape index (κ1) is 15.5. The Morgan fingerprint density at radius 2 is 1.86 bits per heavy atom. The van der Waals surface area contributed by atoms with Gasteiger partial charge in [-0.25, -0.2) is 0 Å². The first-order chi connectivity index (χ1) is 9.84. The van der Waals surface area contributed by atoms with Gasteiger partial charge in [0.05, 0.1) is 11.9 Å². The lowest BCUT2D eigenvalue weighted by atomic mass is 9.92. The molecule has 2 atom stereocenters. The molecule has 0 bridgehead atoms. The van der Waals surface area contributed by atoms with Crippen LogP contribution >= 0.6 is 0 Å². The van der Waals surface area contributed by atoms with Crippen LogP contribution in [0.3, 0.4) is 0 Å². The number of hydrogen-bond acceptors (Lipinski definition) is 3. The lowest BCUT2D eigenvalue weighted by Crippen LogP contribution is -2.66. The summed E-state index contributed by atoms with van der Waals surface area (Å²) < 4.78 is 0. The van der Waals surface area contributed by atoms with Crippen LogP contribution in [0.5, 0.6) is 0 Å². The van der Waals surface area contributed by atoms with Crippen LogP contribution in [0.2, 0.25) is 0 Å². The van der Waals surface area contributed by atoms with E-state index in [9.17, 15) is 9.59 Å². The molecule has 2 amide bonds. The molecule has 1 N–H and O–H groups in total. The summed E-state index contributed by atoms with van der Waals surface area (Å²) in [6.07, 6.45) is 3.36. The second-order valence-electron chi connectivity index (χ2n) is 6.29. The fourth-order valence-corrected chi connectivity index (χ4v) is 2.73. The van der Waals surface area contributed by atoms with E-state index in [4.69, 9.17) is 0 Å². The Kier molecular flexibility index (Phi) is 4.30. The number of nitrogens with zero attached hydrogens (tertiary/aromatic N) is 2. The highest BCUT2D eigenvalue weighted by atomic mass is 16.2. The van der Waals surface area contributed by atoms with Gasteiger partial charge in [0.25, 0.3) is 5.91 Å². The van der Waals surface area contributed by atoms with Gasteiger partial charge in [0.1, 0.15) is 12.1 Å². The van der Waals surface area contributed by atoms with E-state index in [0.29, 0.717) is 0 Å². The third-order valence-corrected chi connectivity index (χ3v) is 3.92. The van der Waals surface area contributed by atoms with Crippen LogP contribution in [0.15, 0.2) is 18.5 Å². The summed E-state index contributed by atoms with van der Waals surface area (Å²) in [5, 5.41) is 2.87. The molecule has 21 heavy (non-hydrogen) atoms. The number of piperazine rings is 1. The minimum Gasteiger partial charge on any atom is -0.342 e. The van der Waals surface area contributed by atoms with Gasteiger partial charge in [0, 0.05) is 6.20 Å². The topological polar surface area (TPSA) is 62.3 Å². The van der Waals surface area contributed by atoms with Gasteiger partial charge in [0.2, 0.25) is 5.91 Å². The molecule has 1 aromatic rings. The van der Waals surface area contributed by atoms with Gasteiger partial charge >= 0.3 is 0 Å². The van der Waals surface area contributed by atoms with Crippen LogP contribution in [0.1, 0.15) is 33.3 Å². The van der Waals surface area contributed by atoms with Crippen LogP contribution in [-0.4, -0.2) is 28.9 Å². The molecule has 0 spiro atoms. The lowest BCUT2D eigenvalue weighted by molar-refractivity contribution is -0.135. The maximum atomic E-state index is 12.9. The summed E-state index contributed by atoms with van der Waals surface area (Å²) in [6.45, 7) is 9.70. The van der Waals surface area contributed by atoms with Crippen molar-refractivity contribution in [3.8, 4) is 0 Å². The molecule has 1 aliphatic heterocycles. The molecule has 0 radical (unpaired) electrons. The van der Waals surface area contributed by atoms with Crippen molar-refractivity contribution in [2.45, 2.75) is 46.7 Å². The van der Waals surface area contributed by atoms with Gasteiger partial charge in [-0.3, -0.25) is 19.5 Å². The number of aromatic nitrogens is 1. The van der Waals surface area contributed by atoms with Crippen molar-refractivity contribution in [1.29, 1.82) is 0 Å². The number of nitrogens with one attached hydrogen (secondary N) is 1. The smallest absolute Gasteiger partial charge is 0.250 e. The van der Waals surface area contributed by atoms with Crippen molar-refractivity contribution < 1.29 is 9.59 Å². The number of carbonyl (C=O) groups excluding carboxylic acids is 2. The van der Waals surface area contributed by atoms with E-state index >= 15 is 0 Å². The zero-order chi connectivity index (χ0) is 15.7. The summed E-state index contributed by atoms with van der Waals surface area (Å²) in [5.41, 5.74) is 1.67. The first-order valence-electron chi connectivity index (χ1n) is 7.38. The summed E-state index contributed by atoms with van der Waals surface area (Å²) in [7, 11) is 0. The van der Waals surface area contributed by atoms with Gasteiger partial charge in [-0.05, 0) is 30.4 Å². The molecule has 0 aliphatic carbocycles. The number of carbonyl (C=O) groups is 2. The van der Waals surface area contributed by atoms with Crippen molar-refractivity contribution in [3.05, 3.63) is 24.0 Å². The molecule has 1 fully saturated rings. The average Bonchev–Trinajstić information content (AvgIpc) is 2.40. The Balaban J connectivity index is 2.52. The molecular weight excluding hydrogens is 266 g/mol. The molecule has 5 nitrogen and oxygen atoms in total. The highest BCUT2D eigenvalue weighted by molar-refractivity contribution is 6.08. The van der Waals surface area contributed by atoms with Crippen molar-refractivity contribution >= 4 is 17.5 Å². The molecule has 0 saturated carbocycles. The van der Waals surface area contributed by atoms with E-state index in [2.05, 4.69) is 10.3 Å². The summed E-state index contributed by atoms with van der Waals surface area (Å²) in [5.74, 6) is -0.0679. The van der Waals surface area contributed by atoms with E-state index in [-0.39, 0.29) is 23.7 Å². The van der Waals surface area contributed by atoms with Crippen LogP contribution in [0.4, 0.5) is 5.69 Å². The quantitative estimate of drug-likeness (QED) is 0.924. The number of aryl methyl sites for hydroxylation is 1. The third-order valence-electron chi connectivity index (χ3n) is 3.92. The Bertz CT molecular complexity index is 554. The van der Waals surface area contributed by atoms with Crippen LogP contribution in [0, 0.1) is 18.8 Å². The molecule has 2 rings (SSSR count). The molecule has 2 heterocycles. The second kappa shape index (κ2) is 5.84. The minimum atomic E-state index is -0.490. The van der Waals surface area contributed by atoms with Gasteiger partial charge in [-0.1, -0.05) is 27.7 Å². The molecule has 1 aromatic heterocycles. The largest absolute Gasteiger partial charge is 0.342 e. The van der Waals surface area contributed by atoms with Crippen molar-refractivity contribution in [2.24, 2.45) is 11.8 Å². The van der Waals surface area contributed by atoms with Gasteiger partial charge in [-0.15, -0.1) is 0 Å².